The van der Waals surface area contributed by atoms with Crippen molar-refractivity contribution >= 4 is 48.7 Å². The second-order valence-corrected chi connectivity index (χ2v) is 7.49. The Bertz CT molecular complexity index is 936. The third-order valence-electron chi connectivity index (χ3n) is 2.97. The maximum Gasteiger partial charge on any atom is 0.269 e. The number of aromatic nitrogens is 3. The first-order valence-corrected chi connectivity index (χ1v) is 8.52. The summed E-state index contributed by atoms with van der Waals surface area (Å²) in [5.41, 5.74) is 1.51. The zero-order chi connectivity index (χ0) is 15.2. The first-order valence-electron chi connectivity index (χ1n) is 5.91. The highest BCUT2D eigenvalue weighted by Gasteiger charge is 2.22. The molecule has 8 heteroatoms. The normalized spacial score (nSPS) is 12.0. The van der Waals surface area contributed by atoms with Gasteiger partial charge in [-0.05, 0) is 35.0 Å². The highest BCUT2D eigenvalue weighted by Crippen LogP contribution is 2.27. The molecule has 0 aliphatic rings. The van der Waals surface area contributed by atoms with Gasteiger partial charge >= 0.3 is 0 Å². The molecule has 2 aromatic heterocycles. The van der Waals surface area contributed by atoms with Crippen LogP contribution in [0.2, 0.25) is 5.02 Å². The van der Waals surface area contributed by atoms with Gasteiger partial charge < -0.3 is 0 Å². The summed E-state index contributed by atoms with van der Waals surface area (Å²) in [6, 6.07) is 6.58. The van der Waals surface area contributed by atoms with Crippen molar-refractivity contribution in [1.29, 1.82) is 0 Å². The van der Waals surface area contributed by atoms with E-state index < -0.39 is 10.0 Å². The smallest absolute Gasteiger partial charge is 0.234 e. The van der Waals surface area contributed by atoms with Gasteiger partial charge in [-0.2, -0.15) is 0 Å². The second-order valence-electron chi connectivity index (χ2n) is 4.46. The quantitative estimate of drug-likeness (QED) is 0.677. The minimum absolute atomic E-state index is 0.173. The monoisotopic (exact) mass is 385 g/mol. The molecule has 0 bridgehead atoms. The summed E-state index contributed by atoms with van der Waals surface area (Å²) in [5, 5.41) is 0.231. The Morgan fingerprint density at radius 2 is 1.90 bits per heavy atom. The van der Waals surface area contributed by atoms with Gasteiger partial charge in [0.1, 0.15) is 10.1 Å². The molecule has 1 aromatic carbocycles. The topological polar surface area (TPSA) is 64.8 Å². The Balaban J connectivity index is 2.26. The summed E-state index contributed by atoms with van der Waals surface area (Å²) in [6.07, 6.45) is 2.74. The summed E-state index contributed by atoms with van der Waals surface area (Å²) in [5.74, 6) is 0. The van der Waals surface area contributed by atoms with Gasteiger partial charge in [0.25, 0.3) is 10.0 Å². The Hall–Kier alpha value is -1.44. The van der Waals surface area contributed by atoms with Gasteiger partial charge in [-0.15, -0.1) is 0 Å². The SMILES string of the molecule is Cc1ccc(S(=O)(=O)n2cc(Cl)c3nc(Br)cnc32)cc1. The molecule has 108 valence electrons. The summed E-state index contributed by atoms with van der Waals surface area (Å²) < 4.78 is 26.9. The van der Waals surface area contributed by atoms with E-state index in [1.165, 1.54) is 12.4 Å². The van der Waals surface area contributed by atoms with E-state index >= 15 is 0 Å². The largest absolute Gasteiger partial charge is 0.269 e. The summed E-state index contributed by atoms with van der Waals surface area (Å²) >= 11 is 9.25. The van der Waals surface area contributed by atoms with Crippen LogP contribution in [0, 0.1) is 6.92 Å². The predicted molar refractivity (Wildman–Crippen MR) is 84.0 cm³/mol. The lowest BCUT2D eigenvalue weighted by Crippen LogP contribution is -2.12. The van der Waals surface area contributed by atoms with Crippen LogP contribution in [0.15, 0.2) is 46.2 Å². The fourth-order valence-corrected chi connectivity index (χ4v) is 3.79. The fourth-order valence-electron chi connectivity index (χ4n) is 1.91. The van der Waals surface area contributed by atoms with Crippen LogP contribution in [0.4, 0.5) is 0 Å². The lowest BCUT2D eigenvalue weighted by Gasteiger charge is -2.06. The van der Waals surface area contributed by atoms with E-state index in [9.17, 15) is 8.42 Å². The van der Waals surface area contributed by atoms with Crippen LogP contribution in [0.25, 0.3) is 11.2 Å². The first-order chi connectivity index (χ1) is 9.89. The van der Waals surface area contributed by atoms with Crippen molar-refractivity contribution in [3.05, 3.63) is 51.8 Å². The highest BCUT2D eigenvalue weighted by atomic mass is 79.9. The molecule has 0 spiro atoms. The van der Waals surface area contributed by atoms with E-state index in [1.54, 1.807) is 24.3 Å². The van der Waals surface area contributed by atoms with Crippen molar-refractivity contribution in [3.8, 4) is 0 Å². The molecule has 0 fully saturated rings. The Morgan fingerprint density at radius 3 is 2.57 bits per heavy atom. The van der Waals surface area contributed by atoms with Crippen molar-refractivity contribution in [1.82, 2.24) is 13.9 Å². The highest BCUT2D eigenvalue weighted by molar-refractivity contribution is 9.10. The maximum absolute atomic E-state index is 12.7. The third-order valence-corrected chi connectivity index (χ3v) is 5.29. The standard InChI is InChI=1S/C13H9BrClN3O2S/c1-8-2-4-9(5-3-8)21(19,20)18-7-10(15)12-13(18)16-6-11(14)17-12/h2-7H,1H3. The molecule has 0 amide bonds. The number of hydrogen-bond donors (Lipinski definition) is 0. The minimum Gasteiger partial charge on any atom is -0.234 e. The summed E-state index contributed by atoms with van der Waals surface area (Å²) in [7, 11) is -3.76. The molecule has 0 radical (unpaired) electrons. The molecule has 0 unspecified atom stereocenters. The summed E-state index contributed by atoms with van der Waals surface area (Å²) in [4.78, 5) is 8.43. The molecular formula is C13H9BrClN3O2S. The van der Waals surface area contributed by atoms with Crippen LogP contribution >= 0.6 is 27.5 Å². The van der Waals surface area contributed by atoms with Crippen molar-refractivity contribution in [3.63, 3.8) is 0 Å². The third kappa shape index (κ3) is 2.45. The van der Waals surface area contributed by atoms with Crippen LogP contribution in [-0.4, -0.2) is 22.4 Å². The second kappa shape index (κ2) is 5.08. The Labute approximate surface area is 134 Å². The molecule has 0 aliphatic carbocycles. The van der Waals surface area contributed by atoms with E-state index in [2.05, 4.69) is 25.9 Å². The van der Waals surface area contributed by atoms with E-state index in [0.29, 0.717) is 10.1 Å². The number of nitrogens with zero attached hydrogens (tertiary/aromatic N) is 3. The average molecular weight is 387 g/mol. The lowest BCUT2D eigenvalue weighted by molar-refractivity contribution is 0.588. The van der Waals surface area contributed by atoms with Crippen molar-refractivity contribution < 1.29 is 8.42 Å². The summed E-state index contributed by atoms with van der Waals surface area (Å²) in [6.45, 7) is 1.89. The molecule has 2 heterocycles. The molecular weight excluding hydrogens is 378 g/mol. The molecule has 21 heavy (non-hydrogen) atoms. The van der Waals surface area contributed by atoms with Crippen LogP contribution < -0.4 is 0 Å². The van der Waals surface area contributed by atoms with E-state index in [-0.39, 0.29) is 15.6 Å². The predicted octanol–water partition coefficient (Wildman–Crippen LogP) is 3.39. The number of hydrogen-bond acceptors (Lipinski definition) is 4. The van der Waals surface area contributed by atoms with Gasteiger partial charge in [0, 0.05) is 6.20 Å². The van der Waals surface area contributed by atoms with Gasteiger partial charge in [-0.1, -0.05) is 29.3 Å². The Kier molecular flexibility index (Phi) is 3.51. The van der Waals surface area contributed by atoms with Gasteiger partial charge in [0.2, 0.25) is 0 Å². The zero-order valence-corrected chi connectivity index (χ0v) is 13.9. The van der Waals surface area contributed by atoms with Gasteiger partial charge in [0.15, 0.2) is 5.65 Å². The molecule has 0 saturated heterocycles. The number of benzene rings is 1. The van der Waals surface area contributed by atoms with E-state index in [1.807, 2.05) is 6.92 Å². The zero-order valence-electron chi connectivity index (χ0n) is 10.8. The molecule has 3 aromatic rings. The van der Waals surface area contributed by atoms with Gasteiger partial charge in [-0.3, -0.25) is 0 Å². The van der Waals surface area contributed by atoms with Crippen LogP contribution in [0.5, 0.6) is 0 Å². The van der Waals surface area contributed by atoms with Gasteiger partial charge in [0.05, 0.1) is 16.1 Å². The molecule has 3 rings (SSSR count). The van der Waals surface area contributed by atoms with Crippen LogP contribution in [-0.2, 0) is 10.0 Å². The van der Waals surface area contributed by atoms with Gasteiger partial charge in [-0.25, -0.2) is 22.4 Å². The van der Waals surface area contributed by atoms with Crippen LogP contribution in [0.1, 0.15) is 5.56 Å². The number of halogens is 2. The number of fused-ring (bicyclic) bond motifs is 1. The molecule has 0 saturated carbocycles. The first kappa shape index (κ1) is 14.5. The van der Waals surface area contributed by atoms with Crippen molar-refractivity contribution in [2.24, 2.45) is 0 Å². The molecule has 0 N–H and O–H groups in total. The molecule has 0 atom stereocenters. The average Bonchev–Trinajstić information content (AvgIpc) is 2.77. The van der Waals surface area contributed by atoms with Crippen molar-refractivity contribution in [2.75, 3.05) is 0 Å². The minimum atomic E-state index is -3.76. The number of aryl methyl sites for hydroxylation is 1. The number of rotatable bonds is 2. The lowest BCUT2D eigenvalue weighted by atomic mass is 10.2. The van der Waals surface area contributed by atoms with Crippen LogP contribution in [0.3, 0.4) is 0 Å². The fraction of sp³-hybridized carbons (Fsp3) is 0.0769. The Morgan fingerprint density at radius 1 is 1.24 bits per heavy atom. The van der Waals surface area contributed by atoms with Crippen molar-refractivity contribution in [2.45, 2.75) is 11.8 Å². The molecule has 0 aliphatic heterocycles. The maximum atomic E-state index is 12.7. The van der Waals surface area contributed by atoms with E-state index in [0.717, 1.165) is 9.54 Å². The van der Waals surface area contributed by atoms with E-state index in [4.69, 9.17) is 11.6 Å². The molecule has 5 nitrogen and oxygen atoms in total.